The largest absolute Gasteiger partial charge is 0.507 e. The maximum absolute atomic E-state index is 16.0. The fraction of sp³-hybridized carbons (Fsp3) is 0.447. The van der Waals surface area contributed by atoms with Crippen molar-refractivity contribution in [1.82, 2.24) is 15.4 Å². The van der Waals surface area contributed by atoms with Crippen LogP contribution in [0.25, 0.3) is 5.76 Å². The summed E-state index contributed by atoms with van der Waals surface area (Å²) in [6.45, 7) is 11.2. The Morgan fingerprint density at radius 3 is 2.25 bits per heavy atom. The molecule has 1 amide bonds. The summed E-state index contributed by atoms with van der Waals surface area (Å²) in [7, 11) is 2.34. The van der Waals surface area contributed by atoms with Crippen molar-refractivity contribution in [3.8, 4) is 17.4 Å². The van der Waals surface area contributed by atoms with E-state index in [0.29, 0.717) is 29.2 Å². The van der Waals surface area contributed by atoms with Crippen molar-refractivity contribution < 1.29 is 42.6 Å². The summed E-state index contributed by atoms with van der Waals surface area (Å²) in [6.07, 6.45) is 2.10. The maximum Gasteiger partial charge on any atom is 0.265 e. The zero-order valence-corrected chi connectivity index (χ0v) is 37.2. The number of aromatic nitrogens is 1. The lowest BCUT2D eigenvalue weighted by molar-refractivity contribution is -0.140. The molecule has 1 saturated heterocycles. The molecule has 2 fully saturated rings. The van der Waals surface area contributed by atoms with E-state index in [-0.39, 0.29) is 66.1 Å². The lowest BCUT2D eigenvalue weighted by Crippen LogP contribution is -2.68. The first-order valence-corrected chi connectivity index (χ1v) is 24.0. The van der Waals surface area contributed by atoms with Gasteiger partial charge in [0.1, 0.15) is 30.3 Å². The van der Waals surface area contributed by atoms with Crippen LogP contribution in [0.2, 0.25) is 18.1 Å². The third-order valence-electron chi connectivity index (χ3n) is 13.3. The summed E-state index contributed by atoms with van der Waals surface area (Å²) < 4.78 is 32.1. The molecule has 3 N–H and O–H groups in total. The van der Waals surface area contributed by atoms with E-state index in [4.69, 9.17) is 23.2 Å². The quantitative estimate of drug-likeness (QED) is 0.0938. The summed E-state index contributed by atoms with van der Waals surface area (Å²) >= 11 is 0. The number of rotatable bonds is 12. The van der Waals surface area contributed by atoms with Crippen molar-refractivity contribution in [2.24, 2.45) is 11.8 Å². The van der Waals surface area contributed by atoms with Crippen LogP contribution in [0.3, 0.4) is 0 Å². The monoisotopic (exact) mass is 848 g/mol. The summed E-state index contributed by atoms with van der Waals surface area (Å²) in [5, 5.41) is 23.0. The molecule has 14 heteroatoms. The normalized spacial score (nSPS) is 23.6. The van der Waals surface area contributed by atoms with Crippen LogP contribution in [0.4, 0.5) is 5.69 Å². The minimum atomic E-state index is -2.97. The Hall–Kier alpha value is -5.28. The first kappa shape index (κ1) is 42.4. The molecule has 5 atom stereocenters. The zero-order valence-electron chi connectivity index (χ0n) is 36.2. The number of hydrogen-bond acceptors (Lipinski definition) is 12. The number of fused-ring (bicyclic) bond motifs is 4. The highest BCUT2D eigenvalue weighted by Gasteiger charge is 2.69. The number of amides is 1. The van der Waals surface area contributed by atoms with Gasteiger partial charge in [-0.15, -0.1) is 0 Å². The van der Waals surface area contributed by atoms with Gasteiger partial charge in [0.25, 0.3) is 5.88 Å². The van der Waals surface area contributed by atoms with Crippen LogP contribution in [0.1, 0.15) is 84.4 Å². The van der Waals surface area contributed by atoms with E-state index in [9.17, 15) is 9.90 Å². The topological polar surface area (TPSA) is 162 Å². The Kier molecular flexibility index (Phi) is 11.3. The van der Waals surface area contributed by atoms with Gasteiger partial charge in [-0.25, -0.2) is 0 Å². The van der Waals surface area contributed by atoms with E-state index in [1.165, 1.54) is 7.11 Å². The number of aliphatic hydroxyl groups excluding tert-OH is 1. The predicted molar refractivity (Wildman–Crippen MR) is 232 cm³/mol. The number of carbonyl (C=O) groups excluding carboxylic acids is 3. The number of Topliss-reactive ketones (excluding diaryl/α,β-unsaturated/α-hetero) is 2. The second-order valence-electron chi connectivity index (χ2n) is 18.4. The van der Waals surface area contributed by atoms with Gasteiger partial charge in [0, 0.05) is 23.1 Å². The van der Waals surface area contributed by atoms with Crippen molar-refractivity contribution in [3.63, 3.8) is 0 Å². The molecule has 1 aromatic heterocycles. The molecule has 0 radical (unpaired) electrons. The third-order valence-corrected chi connectivity index (χ3v) is 17.8. The highest BCUT2D eigenvalue weighted by molar-refractivity contribution is 6.74. The van der Waals surface area contributed by atoms with Gasteiger partial charge in [-0.1, -0.05) is 81.4 Å². The molecule has 61 heavy (non-hydrogen) atoms. The van der Waals surface area contributed by atoms with Crippen molar-refractivity contribution >= 4 is 37.2 Å². The fourth-order valence-electron chi connectivity index (χ4n) is 9.26. The van der Waals surface area contributed by atoms with Crippen LogP contribution in [0.5, 0.6) is 17.4 Å². The molecule has 0 spiro atoms. The van der Waals surface area contributed by atoms with Gasteiger partial charge >= 0.3 is 0 Å². The van der Waals surface area contributed by atoms with Crippen LogP contribution < -0.4 is 24.8 Å². The molecular formula is C47H56N4O9Si. The second kappa shape index (κ2) is 16.2. The zero-order chi connectivity index (χ0) is 43.4. The van der Waals surface area contributed by atoms with Gasteiger partial charge in [0.2, 0.25) is 17.5 Å². The van der Waals surface area contributed by atoms with Crippen LogP contribution >= 0.6 is 0 Å². The van der Waals surface area contributed by atoms with E-state index in [1.807, 2.05) is 92.8 Å². The number of nitrogens with zero attached hydrogens (tertiary/aromatic N) is 2. The van der Waals surface area contributed by atoms with Crippen LogP contribution in [-0.2, 0) is 33.6 Å². The summed E-state index contributed by atoms with van der Waals surface area (Å²) in [6, 6.07) is 19.8. The van der Waals surface area contributed by atoms with Gasteiger partial charge < -0.3 is 38.9 Å². The van der Waals surface area contributed by atoms with Crippen molar-refractivity contribution in [3.05, 3.63) is 106 Å². The predicted octanol–water partition coefficient (Wildman–Crippen LogP) is 7.82. The Morgan fingerprint density at radius 2 is 1.66 bits per heavy atom. The molecular weight excluding hydrogens is 793 g/mol. The molecule has 8 rings (SSSR count). The van der Waals surface area contributed by atoms with E-state index < -0.39 is 54.4 Å². The molecule has 2 heterocycles. The Labute approximate surface area is 357 Å². The van der Waals surface area contributed by atoms with Crippen molar-refractivity contribution in [1.29, 1.82) is 0 Å². The molecule has 1 aliphatic heterocycles. The van der Waals surface area contributed by atoms with E-state index in [2.05, 4.69) is 36.6 Å². The maximum atomic E-state index is 16.0. The molecule has 1 unspecified atom stereocenters. The molecule has 0 bridgehead atoms. The fourth-order valence-corrected chi connectivity index (χ4v) is 10.7. The van der Waals surface area contributed by atoms with E-state index in [0.717, 1.165) is 24.1 Å². The number of nitrogens with one attached hydrogen (secondary N) is 2. The number of ether oxygens (including phenoxy) is 3. The van der Waals surface area contributed by atoms with Crippen LogP contribution in [0, 0.1) is 11.8 Å². The molecule has 4 aliphatic rings. The Balaban J connectivity index is 1.31. The number of ketones is 2. The number of anilines is 1. The molecule has 1 saturated carbocycles. The van der Waals surface area contributed by atoms with Gasteiger partial charge in [-0.2, -0.15) is 0 Å². The van der Waals surface area contributed by atoms with Crippen LogP contribution in [0.15, 0.2) is 76.8 Å². The number of hydrogen-bond donors (Lipinski definition) is 3. The van der Waals surface area contributed by atoms with Gasteiger partial charge in [0.15, 0.2) is 25.4 Å². The standard InChI is InChI=1S/C47H56N4O9Si/c1-46(2,3)61(7,8)60-47-31(38(51(4)5)41-37(43(47)54)45(50-59-41)58-26-28-18-13-10-14-19-28)23-29-22-30-34(56-6)24-33(49-44(55)32-20-15-21-48-32)40(36(30)39(52)35(29)42(47)53)57-25-27-16-11-9-12-17-27/h9-14,16-19,24,29,31-32,38,48,52H,15,20-23,25-26H2,1-8H3,(H,49,55)/t29-,31-,32-,38-,47?/m0/s1. The highest BCUT2D eigenvalue weighted by Crippen LogP contribution is 2.60. The molecule has 3 aromatic carbocycles. The minimum absolute atomic E-state index is 0.0204. The second-order valence-corrected chi connectivity index (χ2v) is 23.1. The highest BCUT2D eigenvalue weighted by atomic mass is 28.4. The summed E-state index contributed by atoms with van der Waals surface area (Å²) in [5.74, 6) is -2.18. The molecule has 4 aromatic rings. The summed E-state index contributed by atoms with van der Waals surface area (Å²) in [5.41, 5.74) is 0.932. The van der Waals surface area contributed by atoms with Crippen LogP contribution in [-0.4, -0.2) is 80.3 Å². The van der Waals surface area contributed by atoms with E-state index in [1.54, 1.807) is 6.07 Å². The van der Waals surface area contributed by atoms with Gasteiger partial charge in [-0.3, -0.25) is 19.3 Å². The Morgan fingerprint density at radius 1 is 1.00 bits per heavy atom. The number of benzene rings is 3. The van der Waals surface area contributed by atoms with Gasteiger partial charge in [-0.05, 0) is 86.7 Å². The summed E-state index contributed by atoms with van der Waals surface area (Å²) in [4.78, 5) is 47.3. The first-order chi connectivity index (χ1) is 29.1. The molecule has 13 nitrogen and oxygen atoms in total. The van der Waals surface area contributed by atoms with E-state index >= 15 is 9.59 Å². The first-order valence-electron chi connectivity index (χ1n) is 21.1. The lowest BCUT2D eigenvalue weighted by atomic mass is 9.57. The van der Waals surface area contributed by atoms with Crippen molar-refractivity contribution in [2.45, 2.75) is 95.5 Å². The van der Waals surface area contributed by atoms with Gasteiger partial charge in [0.05, 0.1) is 30.4 Å². The molecule has 322 valence electrons. The Bertz CT molecular complexity index is 2370. The number of aliphatic hydroxyl groups is 1. The minimum Gasteiger partial charge on any atom is -0.507 e. The average molecular weight is 849 g/mol. The molecule has 3 aliphatic carbocycles. The number of methoxy groups -OCH3 is 1. The third kappa shape index (κ3) is 7.36. The lowest BCUT2D eigenvalue weighted by Gasteiger charge is -2.55. The average Bonchev–Trinajstić information content (AvgIpc) is 3.92. The SMILES string of the molecule is COc1cc(NC(=O)[C@@H]2CCCN2)c(OCc2ccccc2)c2c1C[C@H]1C[C@H]3[C@H](N(C)C)c4onc(OCc5ccccc5)c4C(=O)C3(O[Si](C)(C)C(C)(C)C)C(=O)C1=C2O. The number of carbonyl (C=O) groups is 3. The van der Waals surface area contributed by atoms with Crippen molar-refractivity contribution in [2.75, 3.05) is 33.1 Å². The smallest absolute Gasteiger partial charge is 0.265 e.